The fraction of sp³-hybridized carbons (Fsp3) is 0.125. The van der Waals surface area contributed by atoms with E-state index in [0.717, 1.165) is 5.56 Å². The van der Waals surface area contributed by atoms with Crippen molar-refractivity contribution < 1.29 is 13.6 Å². The van der Waals surface area contributed by atoms with Gasteiger partial charge in [-0.2, -0.15) is 5.26 Å². The van der Waals surface area contributed by atoms with E-state index in [1.165, 1.54) is 6.26 Å². The number of hydrogen-bond acceptors (Lipinski definition) is 5. The molecule has 0 aliphatic rings. The Morgan fingerprint density at radius 3 is 2.90 bits per heavy atom. The lowest BCUT2D eigenvalue weighted by Crippen LogP contribution is -2.10. The normalized spacial score (nSPS) is 10.5. The average Bonchev–Trinajstić information content (AvgIpc) is 3.01. The first-order chi connectivity index (χ1) is 10.2. The molecule has 0 amide bonds. The van der Waals surface area contributed by atoms with Gasteiger partial charge in [0.15, 0.2) is 12.4 Å². The second-order valence-corrected chi connectivity index (χ2v) is 4.51. The average molecular weight is 281 g/mol. The van der Waals surface area contributed by atoms with Crippen molar-refractivity contribution in [3.63, 3.8) is 0 Å². The van der Waals surface area contributed by atoms with E-state index in [1.807, 2.05) is 19.1 Å². The van der Waals surface area contributed by atoms with Crippen LogP contribution in [0.25, 0.3) is 22.5 Å². The van der Waals surface area contributed by atoms with Gasteiger partial charge in [-0.3, -0.25) is 4.79 Å². The van der Waals surface area contributed by atoms with E-state index in [9.17, 15) is 4.79 Å². The molecule has 0 radical (unpaired) electrons. The fourth-order valence-corrected chi connectivity index (χ4v) is 2.10. The topological polar surface area (TPSA) is 76.4 Å². The molecule has 0 saturated carbocycles. The lowest BCUT2D eigenvalue weighted by atomic mass is 10.1. The minimum atomic E-state index is -0.318. The van der Waals surface area contributed by atoms with Gasteiger partial charge in [-0.05, 0) is 31.2 Å². The lowest BCUT2D eigenvalue weighted by Gasteiger charge is -2.08. The Labute approximate surface area is 120 Å². The minimum Gasteiger partial charge on any atom is -0.471 e. The molecule has 0 unspecified atom stereocenters. The second-order valence-electron chi connectivity index (χ2n) is 4.51. The molecule has 0 aliphatic heterocycles. The van der Waals surface area contributed by atoms with Gasteiger partial charge in [0.2, 0.25) is 16.9 Å². The smallest absolute Gasteiger partial charge is 0.235 e. The Bertz CT molecular complexity index is 885. The molecule has 0 bridgehead atoms. The van der Waals surface area contributed by atoms with Crippen LogP contribution in [0.15, 0.2) is 50.2 Å². The molecule has 2 heterocycles. The molecule has 1 aromatic carbocycles. The summed E-state index contributed by atoms with van der Waals surface area (Å²) in [7, 11) is 0. The maximum atomic E-state index is 12.6. The quantitative estimate of drug-likeness (QED) is 0.736. The van der Waals surface area contributed by atoms with Crippen molar-refractivity contribution in [1.29, 1.82) is 5.26 Å². The summed E-state index contributed by atoms with van der Waals surface area (Å²) in [5.74, 6) is 0.559. The monoisotopic (exact) mass is 281 g/mol. The first-order valence-corrected chi connectivity index (χ1v) is 6.32. The minimum absolute atomic E-state index is 0.00963. The third-order valence-electron chi connectivity index (χ3n) is 3.03. The number of rotatable bonds is 3. The highest BCUT2D eigenvalue weighted by Crippen LogP contribution is 2.31. The zero-order chi connectivity index (χ0) is 14.8. The lowest BCUT2D eigenvalue weighted by molar-refractivity contribution is 0.353. The Balaban J connectivity index is 2.32. The molecule has 21 heavy (non-hydrogen) atoms. The predicted molar refractivity (Wildman–Crippen MR) is 76.0 cm³/mol. The molecule has 3 rings (SSSR count). The summed E-state index contributed by atoms with van der Waals surface area (Å²) >= 11 is 0. The van der Waals surface area contributed by atoms with Gasteiger partial charge in [-0.1, -0.05) is 11.6 Å². The molecule has 5 heteroatoms. The van der Waals surface area contributed by atoms with Gasteiger partial charge in [0.25, 0.3) is 0 Å². The van der Waals surface area contributed by atoms with Crippen LogP contribution in [-0.4, -0.2) is 6.61 Å². The Hall–Kier alpha value is -3.00. The van der Waals surface area contributed by atoms with Gasteiger partial charge in [-0.15, -0.1) is 0 Å². The van der Waals surface area contributed by atoms with Gasteiger partial charge >= 0.3 is 0 Å². The van der Waals surface area contributed by atoms with E-state index < -0.39 is 0 Å². The number of aryl methyl sites for hydroxylation is 1. The molecule has 5 nitrogen and oxygen atoms in total. The highest BCUT2D eigenvalue weighted by atomic mass is 16.5. The standard InChI is InChI=1S/C16H11NO4/c1-10-4-5-12-11(9-10)14(18)16(20-8-6-17)15(21-12)13-3-2-7-19-13/h2-5,7,9H,8H2,1H3. The van der Waals surface area contributed by atoms with E-state index in [0.29, 0.717) is 16.7 Å². The molecule has 0 fully saturated rings. The highest BCUT2D eigenvalue weighted by molar-refractivity contribution is 5.81. The maximum absolute atomic E-state index is 12.6. The van der Waals surface area contributed by atoms with Crippen LogP contribution in [0.1, 0.15) is 5.56 Å². The number of ether oxygens (including phenoxy) is 1. The first-order valence-electron chi connectivity index (χ1n) is 6.32. The molecule has 0 atom stereocenters. The van der Waals surface area contributed by atoms with Crippen molar-refractivity contribution in [1.82, 2.24) is 0 Å². The van der Waals surface area contributed by atoms with Crippen molar-refractivity contribution in [3.05, 3.63) is 52.4 Å². The van der Waals surface area contributed by atoms with Crippen LogP contribution < -0.4 is 10.2 Å². The van der Waals surface area contributed by atoms with Crippen molar-refractivity contribution >= 4 is 11.0 Å². The number of benzene rings is 1. The van der Waals surface area contributed by atoms with Crippen LogP contribution in [0.4, 0.5) is 0 Å². The summed E-state index contributed by atoms with van der Waals surface area (Å²) in [5.41, 5.74) is 1.06. The molecule has 2 aromatic heterocycles. The van der Waals surface area contributed by atoms with Crippen molar-refractivity contribution in [2.45, 2.75) is 6.92 Å². The number of furan rings is 1. The van der Waals surface area contributed by atoms with E-state index in [-0.39, 0.29) is 23.5 Å². The summed E-state index contributed by atoms with van der Waals surface area (Å²) in [4.78, 5) is 12.6. The summed E-state index contributed by atoms with van der Waals surface area (Å²) < 4.78 is 16.3. The largest absolute Gasteiger partial charge is 0.471 e. The van der Waals surface area contributed by atoms with Crippen LogP contribution in [0, 0.1) is 18.3 Å². The zero-order valence-corrected chi connectivity index (χ0v) is 11.3. The fourth-order valence-electron chi connectivity index (χ4n) is 2.10. The first kappa shape index (κ1) is 13.0. The van der Waals surface area contributed by atoms with Crippen molar-refractivity contribution in [3.8, 4) is 23.3 Å². The summed E-state index contributed by atoms with van der Waals surface area (Å²) in [6.45, 7) is 1.64. The molecule has 0 aliphatic carbocycles. The third-order valence-corrected chi connectivity index (χ3v) is 3.03. The van der Waals surface area contributed by atoms with Crippen molar-refractivity contribution in [2.75, 3.05) is 6.61 Å². The number of nitriles is 1. The maximum Gasteiger partial charge on any atom is 0.235 e. The second kappa shape index (κ2) is 5.17. The van der Waals surface area contributed by atoms with Gasteiger partial charge in [0.05, 0.1) is 11.6 Å². The number of nitrogens with zero attached hydrogens (tertiary/aromatic N) is 1. The Morgan fingerprint density at radius 2 is 2.19 bits per heavy atom. The van der Waals surface area contributed by atoms with E-state index in [4.69, 9.17) is 18.8 Å². The Morgan fingerprint density at radius 1 is 1.33 bits per heavy atom. The predicted octanol–water partition coefficient (Wildman–Crippen LogP) is 3.26. The van der Waals surface area contributed by atoms with Gasteiger partial charge < -0.3 is 13.6 Å². The number of hydrogen-bond donors (Lipinski definition) is 0. The van der Waals surface area contributed by atoms with Crippen LogP contribution in [-0.2, 0) is 0 Å². The van der Waals surface area contributed by atoms with E-state index in [2.05, 4.69) is 0 Å². The molecule has 3 aromatic rings. The van der Waals surface area contributed by atoms with Crippen LogP contribution in [0.2, 0.25) is 0 Å². The van der Waals surface area contributed by atoms with Gasteiger partial charge in [0.1, 0.15) is 11.7 Å². The van der Waals surface area contributed by atoms with Crippen LogP contribution in [0.5, 0.6) is 5.75 Å². The summed E-state index contributed by atoms with van der Waals surface area (Å²) in [5, 5.41) is 9.08. The molecule has 0 spiro atoms. The SMILES string of the molecule is Cc1ccc2oc(-c3ccco3)c(OCC#N)c(=O)c2c1. The van der Waals surface area contributed by atoms with Gasteiger partial charge in [-0.25, -0.2) is 0 Å². The molecule has 0 saturated heterocycles. The zero-order valence-electron chi connectivity index (χ0n) is 11.3. The summed E-state index contributed by atoms with van der Waals surface area (Å²) in [6, 6.07) is 10.5. The van der Waals surface area contributed by atoms with E-state index >= 15 is 0 Å². The molecular weight excluding hydrogens is 270 g/mol. The van der Waals surface area contributed by atoms with Crippen LogP contribution >= 0.6 is 0 Å². The highest BCUT2D eigenvalue weighted by Gasteiger charge is 2.19. The Kier molecular flexibility index (Phi) is 3.20. The van der Waals surface area contributed by atoms with Crippen molar-refractivity contribution in [2.24, 2.45) is 0 Å². The van der Waals surface area contributed by atoms with Gasteiger partial charge in [0, 0.05) is 0 Å². The molecular formula is C16H11NO4. The molecule has 104 valence electrons. The van der Waals surface area contributed by atoms with E-state index in [1.54, 1.807) is 24.3 Å². The van der Waals surface area contributed by atoms with Crippen LogP contribution in [0.3, 0.4) is 0 Å². The number of fused-ring (bicyclic) bond motifs is 1. The third kappa shape index (κ3) is 2.28. The summed E-state index contributed by atoms with van der Waals surface area (Å²) in [6.07, 6.45) is 1.47. The molecule has 0 N–H and O–H groups in total.